The molecule has 1 fully saturated rings. The number of carbonyl (C=O) groups is 1. The second-order valence-corrected chi connectivity index (χ2v) is 5.21. The van der Waals surface area contributed by atoms with Gasteiger partial charge in [-0.05, 0) is 51.6 Å². The predicted octanol–water partition coefficient (Wildman–Crippen LogP) is 1.74. The summed E-state index contributed by atoms with van der Waals surface area (Å²) in [4.78, 5) is 14.2. The highest BCUT2D eigenvalue weighted by atomic mass is 19.1. The van der Waals surface area contributed by atoms with Gasteiger partial charge >= 0.3 is 0 Å². The van der Waals surface area contributed by atoms with Gasteiger partial charge in [-0.25, -0.2) is 4.39 Å². The zero-order chi connectivity index (χ0) is 14.0. The lowest BCUT2D eigenvalue weighted by Crippen LogP contribution is -2.46. The number of nitrogens with one attached hydrogen (secondary N) is 1. The molecule has 1 amide bonds. The smallest absolute Gasteiger partial charge is 0.251 e. The average Bonchev–Trinajstić information content (AvgIpc) is 2.80. The molecule has 1 aromatic rings. The van der Waals surface area contributed by atoms with Crippen LogP contribution in [0.15, 0.2) is 18.2 Å². The largest absolute Gasteiger partial charge is 0.505 e. The molecule has 1 saturated carbocycles. The number of halogens is 1. The molecule has 19 heavy (non-hydrogen) atoms. The van der Waals surface area contributed by atoms with Crippen molar-refractivity contribution >= 4 is 5.91 Å². The number of benzene rings is 1. The van der Waals surface area contributed by atoms with Crippen molar-refractivity contribution in [3.63, 3.8) is 0 Å². The Kier molecular flexibility index (Phi) is 4.04. The zero-order valence-electron chi connectivity index (χ0n) is 11.2. The van der Waals surface area contributed by atoms with Crippen molar-refractivity contribution in [1.29, 1.82) is 0 Å². The van der Waals surface area contributed by atoms with Gasteiger partial charge in [0, 0.05) is 17.6 Å². The minimum Gasteiger partial charge on any atom is -0.505 e. The Morgan fingerprint density at radius 3 is 2.79 bits per heavy atom. The Labute approximate surface area is 112 Å². The Hall–Kier alpha value is -1.62. The van der Waals surface area contributed by atoms with Crippen molar-refractivity contribution in [2.75, 3.05) is 14.1 Å². The van der Waals surface area contributed by atoms with Crippen LogP contribution in [0.1, 0.15) is 29.6 Å². The normalized spacial score (nSPS) is 22.7. The number of hydrogen-bond acceptors (Lipinski definition) is 3. The van der Waals surface area contributed by atoms with E-state index in [2.05, 4.69) is 10.2 Å². The Bertz CT molecular complexity index is 477. The van der Waals surface area contributed by atoms with Crippen LogP contribution >= 0.6 is 0 Å². The number of carbonyl (C=O) groups excluding carboxylic acids is 1. The van der Waals surface area contributed by atoms with Gasteiger partial charge in [-0.1, -0.05) is 0 Å². The maximum absolute atomic E-state index is 12.9. The Balaban J connectivity index is 2.06. The molecular formula is C14H19FN2O2. The lowest BCUT2D eigenvalue weighted by Gasteiger charge is -2.26. The summed E-state index contributed by atoms with van der Waals surface area (Å²) in [5.41, 5.74) is 0.281. The number of hydrogen-bond donors (Lipinski definition) is 2. The van der Waals surface area contributed by atoms with E-state index in [0.29, 0.717) is 6.04 Å². The number of rotatable bonds is 3. The lowest BCUT2D eigenvalue weighted by atomic mass is 10.1. The molecule has 0 saturated heterocycles. The number of phenols is 1. The summed E-state index contributed by atoms with van der Waals surface area (Å²) in [6.45, 7) is 0. The zero-order valence-corrected chi connectivity index (χ0v) is 11.2. The van der Waals surface area contributed by atoms with E-state index in [-0.39, 0.29) is 17.5 Å². The van der Waals surface area contributed by atoms with Crippen LogP contribution in [0.4, 0.5) is 4.39 Å². The summed E-state index contributed by atoms with van der Waals surface area (Å²) in [5, 5.41) is 12.2. The van der Waals surface area contributed by atoms with Crippen LogP contribution in [0.5, 0.6) is 5.75 Å². The number of likely N-dealkylation sites (N-methyl/N-ethyl adjacent to an activating group) is 1. The van der Waals surface area contributed by atoms with Crippen molar-refractivity contribution in [2.45, 2.75) is 31.3 Å². The van der Waals surface area contributed by atoms with Gasteiger partial charge in [0.25, 0.3) is 5.91 Å². The summed E-state index contributed by atoms with van der Waals surface area (Å²) >= 11 is 0. The van der Waals surface area contributed by atoms with Gasteiger partial charge in [-0.2, -0.15) is 0 Å². The van der Waals surface area contributed by atoms with E-state index in [9.17, 15) is 14.3 Å². The first-order chi connectivity index (χ1) is 8.99. The van der Waals surface area contributed by atoms with Gasteiger partial charge in [0.2, 0.25) is 0 Å². The molecule has 0 radical (unpaired) electrons. The first-order valence-corrected chi connectivity index (χ1v) is 6.45. The van der Waals surface area contributed by atoms with Crippen LogP contribution in [0.3, 0.4) is 0 Å². The number of phenolic OH excluding ortho intramolecular Hbond substituents is 1. The van der Waals surface area contributed by atoms with Crippen LogP contribution in [-0.2, 0) is 0 Å². The van der Waals surface area contributed by atoms with Crippen molar-refractivity contribution in [3.8, 4) is 5.75 Å². The molecule has 0 aromatic heterocycles. The van der Waals surface area contributed by atoms with E-state index < -0.39 is 11.6 Å². The molecule has 2 rings (SSSR count). The molecule has 0 spiro atoms. The lowest BCUT2D eigenvalue weighted by molar-refractivity contribution is 0.0918. The summed E-state index contributed by atoms with van der Waals surface area (Å²) in [5.74, 6) is -1.49. The van der Waals surface area contributed by atoms with Crippen molar-refractivity contribution in [2.24, 2.45) is 0 Å². The fraction of sp³-hybridized carbons (Fsp3) is 0.500. The highest BCUT2D eigenvalue weighted by molar-refractivity contribution is 5.94. The first-order valence-electron chi connectivity index (χ1n) is 6.45. The SMILES string of the molecule is CN(C)[C@@H]1CCC[C@H]1NC(=O)c1ccc(F)c(O)c1. The van der Waals surface area contributed by atoms with Gasteiger partial charge in [0.15, 0.2) is 11.6 Å². The third kappa shape index (κ3) is 3.04. The predicted molar refractivity (Wildman–Crippen MR) is 70.6 cm³/mol. The Morgan fingerprint density at radius 1 is 1.42 bits per heavy atom. The molecule has 0 aliphatic heterocycles. The minimum absolute atomic E-state index is 0.106. The second kappa shape index (κ2) is 5.57. The minimum atomic E-state index is -0.719. The third-order valence-corrected chi connectivity index (χ3v) is 3.67. The highest BCUT2D eigenvalue weighted by Crippen LogP contribution is 2.23. The average molecular weight is 266 g/mol. The molecular weight excluding hydrogens is 247 g/mol. The van der Waals surface area contributed by atoms with Crippen LogP contribution in [0.25, 0.3) is 0 Å². The first kappa shape index (κ1) is 13.8. The molecule has 0 unspecified atom stereocenters. The number of amides is 1. The van der Waals surface area contributed by atoms with Gasteiger partial charge < -0.3 is 15.3 Å². The van der Waals surface area contributed by atoms with Crippen molar-refractivity contribution in [3.05, 3.63) is 29.6 Å². The fourth-order valence-corrected chi connectivity index (χ4v) is 2.63. The van der Waals surface area contributed by atoms with Crippen molar-refractivity contribution in [1.82, 2.24) is 10.2 Å². The van der Waals surface area contributed by atoms with Crippen LogP contribution in [0, 0.1) is 5.82 Å². The van der Waals surface area contributed by atoms with E-state index in [4.69, 9.17) is 0 Å². The number of aromatic hydroxyl groups is 1. The van der Waals surface area contributed by atoms with Crippen LogP contribution < -0.4 is 5.32 Å². The highest BCUT2D eigenvalue weighted by Gasteiger charge is 2.30. The third-order valence-electron chi connectivity index (χ3n) is 3.67. The van der Waals surface area contributed by atoms with E-state index in [0.717, 1.165) is 31.4 Å². The monoisotopic (exact) mass is 266 g/mol. The summed E-state index contributed by atoms with van der Waals surface area (Å²) in [6.07, 6.45) is 3.09. The maximum atomic E-state index is 12.9. The van der Waals surface area contributed by atoms with Crippen molar-refractivity contribution < 1.29 is 14.3 Å². The van der Waals surface area contributed by atoms with E-state index in [1.165, 1.54) is 6.07 Å². The maximum Gasteiger partial charge on any atom is 0.251 e. The molecule has 5 heteroatoms. The van der Waals surface area contributed by atoms with Gasteiger partial charge in [0.1, 0.15) is 0 Å². The number of nitrogens with zero attached hydrogens (tertiary/aromatic N) is 1. The molecule has 4 nitrogen and oxygen atoms in total. The summed E-state index contributed by atoms with van der Waals surface area (Å²) in [6, 6.07) is 4.07. The van der Waals surface area contributed by atoms with E-state index in [1.807, 2.05) is 14.1 Å². The van der Waals surface area contributed by atoms with Crippen LogP contribution in [-0.4, -0.2) is 42.1 Å². The molecule has 2 atom stereocenters. The molecule has 1 aliphatic carbocycles. The van der Waals surface area contributed by atoms with E-state index in [1.54, 1.807) is 0 Å². The second-order valence-electron chi connectivity index (χ2n) is 5.21. The summed E-state index contributed by atoms with van der Waals surface area (Å²) in [7, 11) is 4.00. The quantitative estimate of drug-likeness (QED) is 0.876. The fourth-order valence-electron chi connectivity index (χ4n) is 2.63. The molecule has 2 N–H and O–H groups in total. The summed E-state index contributed by atoms with van der Waals surface area (Å²) < 4.78 is 12.9. The molecule has 0 heterocycles. The van der Waals surface area contributed by atoms with E-state index >= 15 is 0 Å². The van der Waals surface area contributed by atoms with Crippen LogP contribution in [0.2, 0.25) is 0 Å². The van der Waals surface area contributed by atoms with Gasteiger partial charge in [-0.3, -0.25) is 4.79 Å². The molecule has 1 aromatic carbocycles. The molecule has 104 valence electrons. The standard InChI is InChI=1S/C14H19FN2O2/c1-17(2)12-5-3-4-11(12)16-14(19)9-6-7-10(15)13(18)8-9/h6-8,11-12,18H,3-5H2,1-2H3,(H,16,19)/t11-,12-/m1/s1. The Morgan fingerprint density at radius 2 is 2.16 bits per heavy atom. The van der Waals surface area contributed by atoms with Gasteiger partial charge in [-0.15, -0.1) is 0 Å². The molecule has 0 bridgehead atoms. The topological polar surface area (TPSA) is 52.6 Å². The van der Waals surface area contributed by atoms with Gasteiger partial charge in [0.05, 0.1) is 0 Å². The molecule has 1 aliphatic rings.